The van der Waals surface area contributed by atoms with Crippen molar-refractivity contribution in [1.82, 2.24) is 5.32 Å². The first-order chi connectivity index (χ1) is 14.4. The number of halogens is 1. The number of methoxy groups -OCH3 is 2. The van der Waals surface area contributed by atoms with Gasteiger partial charge in [0.05, 0.1) is 19.2 Å². The molecule has 0 heterocycles. The van der Waals surface area contributed by atoms with Crippen molar-refractivity contribution in [1.29, 1.82) is 5.26 Å². The number of carbonyl (C=O) groups is 2. The van der Waals surface area contributed by atoms with Gasteiger partial charge in [0, 0.05) is 18.2 Å². The first-order valence-corrected chi connectivity index (χ1v) is 9.00. The molecule has 0 fully saturated rings. The van der Waals surface area contributed by atoms with Crippen LogP contribution in [0, 0.1) is 11.3 Å². The summed E-state index contributed by atoms with van der Waals surface area (Å²) in [6.07, 6.45) is 1.37. The Kier molecular flexibility index (Phi) is 8.08. The number of amides is 1. The van der Waals surface area contributed by atoms with E-state index < -0.39 is 18.5 Å². The second-order valence-corrected chi connectivity index (χ2v) is 6.31. The third-order valence-electron chi connectivity index (χ3n) is 3.92. The zero-order chi connectivity index (χ0) is 22.1. The highest BCUT2D eigenvalue weighted by Crippen LogP contribution is 2.27. The lowest BCUT2D eigenvalue weighted by molar-refractivity contribution is -0.139. The Balaban J connectivity index is 2.11. The number of rotatable bonds is 9. The van der Waals surface area contributed by atoms with E-state index in [1.54, 1.807) is 24.3 Å². The topological polar surface area (TPSA) is 118 Å². The zero-order valence-electron chi connectivity index (χ0n) is 16.3. The van der Waals surface area contributed by atoms with Crippen LogP contribution < -0.4 is 19.5 Å². The van der Waals surface area contributed by atoms with E-state index in [-0.39, 0.29) is 22.9 Å². The molecule has 0 aliphatic rings. The van der Waals surface area contributed by atoms with E-state index in [1.807, 2.05) is 6.07 Å². The molecule has 0 bridgehead atoms. The Morgan fingerprint density at radius 1 is 1.17 bits per heavy atom. The van der Waals surface area contributed by atoms with Crippen LogP contribution >= 0.6 is 11.6 Å². The van der Waals surface area contributed by atoms with Gasteiger partial charge in [-0.1, -0.05) is 17.7 Å². The minimum atomic E-state index is -1.13. The van der Waals surface area contributed by atoms with Crippen molar-refractivity contribution in [3.05, 3.63) is 58.1 Å². The molecule has 2 aromatic rings. The van der Waals surface area contributed by atoms with Crippen LogP contribution in [0.15, 0.2) is 42.0 Å². The number of carboxylic acids is 1. The molecule has 0 saturated carbocycles. The highest BCUT2D eigenvalue weighted by Gasteiger charge is 2.12. The summed E-state index contributed by atoms with van der Waals surface area (Å²) in [6.45, 7) is -0.386. The molecule has 156 valence electrons. The fourth-order valence-corrected chi connectivity index (χ4v) is 2.69. The minimum Gasteiger partial charge on any atom is -0.497 e. The molecule has 0 saturated heterocycles. The number of ether oxygens (including phenoxy) is 3. The molecular weight excluding hydrogens is 412 g/mol. The van der Waals surface area contributed by atoms with Crippen LogP contribution in [-0.2, 0) is 16.1 Å². The Labute approximate surface area is 178 Å². The van der Waals surface area contributed by atoms with Gasteiger partial charge in [-0.3, -0.25) is 4.79 Å². The number of nitrogens with one attached hydrogen (secondary N) is 1. The van der Waals surface area contributed by atoms with Gasteiger partial charge in [0.25, 0.3) is 5.91 Å². The SMILES string of the molecule is COc1ccc(CNC(=O)/C(C#N)=C/c2ccc(OCC(=O)O)c(Cl)c2)c(OC)c1. The number of nitriles is 1. The van der Waals surface area contributed by atoms with Gasteiger partial charge in [-0.15, -0.1) is 0 Å². The van der Waals surface area contributed by atoms with Gasteiger partial charge in [0.2, 0.25) is 0 Å². The van der Waals surface area contributed by atoms with E-state index in [2.05, 4.69) is 5.32 Å². The lowest BCUT2D eigenvalue weighted by atomic mass is 10.1. The van der Waals surface area contributed by atoms with Crippen molar-refractivity contribution in [3.63, 3.8) is 0 Å². The smallest absolute Gasteiger partial charge is 0.341 e. The fourth-order valence-electron chi connectivity index (χ4n) is 2.45. The number of carboxylic acid groups (broad SMARTS) is 1. The summed E-state index contributed by atoms with van der Waals surface area (Å²) in [4.78, 5) is 23.0. The minimum absolute atomic E-state index is 0.127. The molecule has 2 N–H and O–H groups in total. The van der Waals surface area contributed by atoms with Crippen LogP contribution in [0.4, 0.5) is 0 Å². The molecule has 0 aliphatic carbocycles. The zero-order valence-corrected chi connectivity index (χ0v) is 17.0. The van der Waals surface area contributed by atoms with Crippen molar-refractivity contribution in [2.75, 3.05) is 20.8 Å². The molecule has 8 nitrogen and oxygen atoms in total. The van der Waals surface area contributed by atoms with Gasteiger partial charge in [-0.25, -0.2) is 4.79 Å². The van der Waals surface area contributed by atoms with Crippen LogP contribution in [0.25, 0.3) is 6.08 Å². The second-order valence-electron chi connectivity index (χ2n) is 5.90. The molecule has 0 radical (unpaired) electrons. The molecule has 1 amide bonds. The number of benzene rings is 2. The van der Waals surface area contributed by atoms with E-state index in [1.165, 1.54) is 32.4 Å². The molecule has 0 aliphatic heterocycles. The maximum atomic E-state index is 12.4. The monoisotopic (exact) mass is 430 g/mol. The average Bonchev–Trinajstić information content (AvgIpc) is 2.74. The van der Waals surface area contributed by atoms with Crippen LogP contribution in [-0.4, -0.2) is 37.8 Å². The summed E-state index contributed by atoms with van der Waals surface area (Å²) in [5.41, 5.74) is 1.07. The number of nitrogens with zero attached hydrogens (tertiary/aromatic N) is 1. The van der Waals surface area contributed by atoms with Gasteiger partial charge in [0.1, 0.15) is 28.9 Å². The van der Waals surface area contributed by atoms with Gasteiger partial charge in [0.15, 0.2) is 6.61 Å². The van der Waals surface area contributed by atoms with Gasteiger partial charge < -0.3 is 24.6 Å². The van der Waals surface area contributed by atoms with Crippen molar-refractivity contribution < 1.29 is 28.9 Å². The van der Waals surface area contributed by atoms with Crippen molar-refractivity contribution in [2.45, 2.75) is 6.54 Å². The van der Waals surface area contributed by atoms with Crippen LogP contribution in [0.2, 0.25) is 5.02 Å². The quantitative estimate of drug-likeness (QED) is 0.463. The summed E-state index contributed by atoms with van der Waals surface area (Å²) in [6, 6.07) is 11.5. The predicted molar refractivity (Wildman–Crippen MR) is 110 cm³/mol. The number of hydrogen-bond acceptors (Lipinski definition) is 6. The molecule has 0 spiro atoms. The molecule has 2 rings (SSSR count). The van der Waals surface area contributed by atoms with Gasteiger partial charge in [-0.2, -0.15) is 5.26 Å². The van der Waals surface area contributed by atoms with Crippen LogP contribution in [0.5, 0.6) is 17.2 Å². The van der Waals surface area contributed by atoms with Crippen molar-refractivity contribution >= 4 is 29.6 Å². The largest absolute Gasteiger partial charge is 0.497 e. The lowest BCUT2D eigenvalue weighted by Gasteiger charge is -2.11. The number of aliphatic carboxylic acids is 1. The Bertz CT molecular complexity index is 1010. The normalized spacial score (nSPS) is 10.7. The fraction of sp³-hybridized carbons (Fsp3) is 0.190. The molecule has 9 heteroatoms. The summed E-state index contributed by atoms with van der Waals surface area (Å²) >= 11 is 6.06. The maximum absolute atomic E-state index is 12.4. The third kappa shape index (κ3) is 6.15. The van der Waals surface area contributed by atoms with Crippen molar-refractivity contribution in [2.24, 2.45) is 0 Å². The van der Waals surface area contributed by atoms with E-state index >= 15 is 0 Å². The molecule has 2 aromatic carbocycles. The highest BCUT2D eigenvalue weighted by atomic mass is 35.5. The third-order valence-corrected chi connectivity index (χ3v) is 4.21. The first kappa shape index (κ1) is 22.6. The first-order valence-electron chi connectivity index (χ1n) is 8.63. The molecule has 0 aromatic heterocycles. The summed E-state index contributed by atoms with van der Waals surface area (Å²) < 4.78 is 15.5. The summed E-state index contributed by atoms with van der Waals surface area (Å²) in [7, 11) is 3.05. The number of hydrogen-bond donors (Lipinski definition) is 2. The average molecular weight is 431 g/mol. The molecular formula is C21H19ClN2O6. The summed E-state index contributed by atoms with van der Waals surface area (Å²) in [5.74, 6) is -0.358. The van der Waals surface area contributed by atoms with E-state index in [9.17, 15) is 14.9 Å². The predicted octanol–water partition coefficient (Wildman–Crippen LogP) is 3.04. The molecule has 0 unspecified atom stereocenters. The highest BCUT2D eigenvalue weighted by molar-refractivity contribution is 6.32. The van der Waals surface area contributed by atoms with Crippen LogP contribution in [0.3, 0.4) is 0 Å². The van der Waals surface area contributed by atoms with Crippen LogP contribution in [0.1, 0.15) is 11.1 Å². The Morgan fingerprint density at radius 3 is 2.53 bits per heavy atom. The van der Waals surface area contributed by atoms with E-state index in [4.69, 9.17) is 30.9 Å². The van der Waals surface area contributed by atoms with E-state index in [0.29, 0.717) is 22.6 Å². The number of carbonyl (C=O) groups excluding carboxylic acids is 1. The van der Waals surface area contributed by atoms with Gasteiger partial charge in [-0.05, 0) is 35.9 Å². The summed E-state index contributed by atoms with van der Waals surface area (Å²) in [5, 5.41) is 20.8. The maximum Gasteiger partial charge on any atom is 0.341 e. The van der Waals surface area contributed by atoms with E-state index in [0.717, 1.165) is 0 Å². The second kappa shape index (κ2) is 10.7. The Hall–Kier alpha value is -3.70. The van der Waals surface area contributed by atoms with Gasteiger partial charge >= 0.3 is 5.97 Å². The Morgan fingerprint density at radius 2 is 1.93 bits per heavy atom. The molecule has 0 atom stereocenters. The lowest BCUT2D eigenvalue weighted by Crippen LogP contribution is -2.24. The standard InChI is InChI=1S/C21H19ClN2O6/c1-28-16-5-4-14(19(9-16)29-2)11-24-21(27)15(10-23)7-13-3-6-18(17(22)8-13)30-12-20(25)26/h3-9H,11-12H2,1-2H3,(H,24,27)(H,25,26)/b15-7+. The molecule has 30 heavy (non-hydrogen) atoms. The van der Waals surface area contributed by atoms with Crippen molar-refractivity contribution in [3.8, 4) is 23.3 Å².